The smallest absolute Gasteiger partial charge is 0.410 e. The fraction of sp³-hybridized carbons (Fsp3) is 0.348. The van der Waals surface area contributed by atoms with E-state index in [4.69, 9.17) is 4.74 Å². The van der Waals surface area contributed by atoms with Crippen molar-refractivity contribution in [2.75, 3.05) is 11.9 Å². The van der Waals surface area contributed by atoms with Crippen LogP contribution in [-0.4, -0.2) is 50.0 Å². The van der Waals surface area contributed by atoms with Gasteiger partial charge in [0.2, 0.25) is 5.91 Å². The molecule has 0 bridgehead atoms. The molecule has 2 heterocycles. The molecule has 1 aromatic heterocycles. The second-order valence-corrected chi connectivity index (χ2v) is 8.91. The van der Waals surface area contributed by atoms with Crippen molar-refractivity contribution in [1.29, 1.82) is 0 Å². The van der Waals surface area contributed by atoms with Crippen LogP contribution < -0.4 is 5.32 Å². The molecule has 0 radical (unpaired) electrons. The molecule has 10 nitrogen and oxygen atoms in total. The first-order chi connectivity index (χ1) is 15.6. The molecule has 2 amide bonds. The van der Waals surface area contributed by atoms with E-state index in [-0.39, 0.29) is 11.6 Å². The van der Waals surface area contributed by atoms with E-state index in [0.717, 1.165) is 12.0 Å². The summed E-state index contributed by atoms with van der Waals surface area (Å²) < 4.78 is 5.42. The highest BCUT2D eigenvalue weighted by Crippen LogP contribution is 2.28. The lowest BCUT2D eigenvalue weighted by Gasteiger charge is -2.28. The molecule has 1 saturated heterocycles. The number of non-ortho nitro benzene ring substituents is 1. The number of carbonyl (C=O) groups excluding carboxylic acids is 2. The summed E-state index contributed by atoms with van der Waals surface area (Å²) in [6.07, 6.45) is 0.810. The molecule has 0 unspecified atom stereocenters. The van der Waals surface area contributed by atoms with Gasteiger partial charge in [-0.1, -0.05) is 6.07 Å². The Morgan fingerprint density at radius 1 is 1.21 bits per heavy atom. The average Bonchev–Trinajstić information content (AvgIpc) is 3.40. The first-order valence-electron chi connectivity index (χ1n) is 10.7. The number of para-hydroxylation sites is 1. The number of carbonyl (C=O) groups is 2. The minimum Gasteiger partial charge on any atom is -0.444 e. The van der Waals surface area contributed by atoms with Gasteiger partial charge in [0, 0.05) is 23.9 Å². The van der Waals surface area contributed by atoms with Crippen molar-refractivity contribution >= 4 is 34.4 Å². The van der Waals surface area contributed by atoms with Crippen molar-refractivity contribution in [3.8, 4) is 11.4 Å². The Morgan fingerprint density at radius 3 is 2.61 bits per heavy atom. The maximum atomic E-state index is 12.8. The standard InChI is InChI=1S/C23H25N5O5/c1-23(2,3)33-22(30)27-13-5-8-18(27)21(29)24-15-11-9-14(10-12-15)20-25-16-6-4-7-17(28(31)32)19(16)26-20/h4,6-7,9-12,18H,5,8,13H2,1-3H3,(H,24,29)(H,25,26)/t18-/m0/s1. The van der Waals surface area contributed by atoms with Crippen LogP contribution >= 0.6 is 0 Å². The number of nitrogens with one attached hydrogen (secondary N) is 2. The van der Waals surface area contributed by atoms with Gasteiger partial charge in [0.25, 0.3) is 5.69 Å². The number of benzene rings is 2. The van der Waals surface area contributed by atoms with Gasteiger partial charge in [0.15, 0.2) is 5.52 Å². The molecule has 1 fully saturated rings. The lowest BCUT2D eigenvalue weighted by molar-refractivity contribution is -0.383. The molecular formula is C23H25N5O5. The molecule has 1 aliphatic heterocycles. The van der Waals surface area contributed by atoms with Crippen LogP contribution in [0.5, 0.6) is 0 Å². The molecule has 2 aromatic carbocycles. The number of nitrogens with zero attached hydrogens (tertiary/aromatic N) is 3. The monoisotopic (exact) mass is 451 g/mol. The fourth-order valence-electron chi connectivity index (χ4n) is 3.82. The molecule has 3 aromatic rings. The third-order valence-corrected chi connectivity index (χ3v) is 5.30. The summed E-state index contributed by atoms with van der Waals surface area (Å²) in [5.41, 5.74) is 1.45. The third kappa shape index (κ3) is 4.79. The van der Waals surface area contributed by atoms with Crippen LogP contribution in [0.2, 0.25) is 0 Å². The van der Waals surface area contributed by atoms with Crippen LogP contribution in [0.15, 0.2) is 42.5 Å². The SMILES string of the molecule is CC(C)(C)OC(=O)N1CCC[C@H]1C(=O)Nc1ccc(-c2nc3c([N+](=O)[O-])cccc3[nH]2)cc1. The number of anilines is 1. The third-order valence-electron chi connectivity index (χ3n) is 5.30. The number of H-pyrrole nitrogens is 1. The molecular weight excluding hydrogens is 426 g/mol. The van der Waals surface area contributed by atoms with Crippen molar-refractivity contribution in [3.63, 3.8) is 0 Å². The number of ether oxygens (including phenoxy) is 1. The summed E-state index contributed by atoms with van der Waals surface area (Å²) in [6.45, 7) is 5.84. The topological polar surface area (TPSA) is 130 Å². The molecule has 0 saturated carbocycles. The zero-order chi connectivity index (χ0) is 23.8. The molecule has 2 N–H and O–H groups in total. The Hall–Kier alpha value is -3.95. The Balaban J connectivity index is 1.47. The first-order valence-corrected chi connectivity index (χ1v) is 10.7. The minimum absolute atomic E-state index is 0.0648. The number of aromatic nitrogens is 2. The minimum atomic E-state index is -0.631. The lowest BCUT2D eigenvalue weighted by atomic mass is 10.1. The van der Waals surface area contributed by atoms with Crippen molar-refractivity contribution in [2.24, 2.45) is 0 Å². The Labute approximate surface area is 190 Å². The van der Waals surface area contributed by atoms with Crippen LogP contribution in [0.1, 0.15) is 33.6 Å². The molecule has 1 aliphatic rings. The number of likely N-dealkylation sites (tertiary alicyclic amines) is 1. The van der Waals surface area contributed by atoms with Gasteiger partial charge < -0.3 is 15.0 Å². The van der Waals surface area contributed by atoms with Crippen LogP contribution in [0.25, 0.3) is 22.4 Å². The first kappa shape index (κ1) is 22.3. The highest BCUT2D eigenvalue weighted by molar-refractivity contribution is 5.97. The van der Waals surface area contributed by atoms with Gasteiger partial charge >= 0.3 is 6.09 Å². The van der Waals surface area contributed by atoms with Gasteiger partial charge in [-0.2, -0.15) is 0 Å². The van der Waals surface area contributed by atoms with Crippen LogP contribution in [0.4, 0.5) is 16.2 Å². The number of fused-ring (bicyclic) bond motifs is 1. The highest BCUT2D eigenvalue weighted by atomic mass is 16.6. The molecule has 0 spiro atoms. The zero-order valence-corrected chi connectivity index (χ0v) is 18.6. The number of nitro benzene ring substituents is 1. The molecule has 33 heavy (non-hydrogen) atoms. The van der Waals surface area contributed by atoms with Crippen LogP contribution in [0, 0.1) is 10.1 Å². The number of amides is 2. The second kappa shape index (κ2) is 8.53. The number of nitro groups is 1. The van der Waals surface area contributed by atoms with Crippen molar-refractivity contribution < 1.29 is 19.2 Å². The summed E-state index contributed by atoms with van der Waals surface area (Å²) in [5, 5.41) is 14.1. The van der Waals surface area contributed by atoms with E-state index in [2.05, 4.69) is 15.3 Å². The van der Waals surface area contributed by atoms with Crippen molar-refractivity contribution in [2.45, 2.75) is 45.3 Å². The van der Waals surface area contributed by atoms with Crippen molar-refractivity contribution in [3.05, 3.63) is 52.6 Å². The molecule has 172 valence electrons. The van der Waals surface area contributed by atoms with E-state index in [1.807, 2.05) is 0 Å². The average molecular weight is 451 g/mol. The highest BCUT2D eigenvalue weighted by Gasteiger charge is 2.36. The summed E-state index contributed by atoms with van der Waals surface area (Å²) in [6, 6.07) is 11.1. The van der Waals surface area contributed by atoms with E-state index >= 15 is 0 Å². The fourth-order valence-corrected chi connectivity index (χ4v) is 3.82. The second-order valence-electron chi connectivity index (χ2n) is 8.91. The predicted molar refractivity (Wildman–Crippen MR) is 123 cm³/mol. The molecule has 0 aliphatic carbocycles. The zero-order valence-electron chi connectivity index (χ0n) is 18.6. The molecule has 4 rings (SSSR count). The van der Waals surface area contributed by atoms with Gasteiger partial charge in [-0.3, -0.25) is 19.8 Å². The number of aromatic amines is 1. The maximum absolute atomic E-state index is 12.8. The number of imidazole rings is 1. The normalized spacial score (nSPS) is 16.1. The van der Waals surface area contributed by atoms with Gasteiger partial charge in [0.1, 0.15) is 17.5 Å². The summed E-state index contributed by atoms with van der Waals surface area (Å²) in [7, 11) is 0. The maximum Gasteiger partial charge on any atom is 0.410 e. The molecule has 1 atom stereocenters. The van der Waals surface area contributed by atoms with Gasteiger partial charge in [-0.25, -0.2) is 9.78 Å². The molecule has 10 heteroatoms. The van der Waals surface area contributed by atoms with Gasteiger partial charge in [-0.15, -0.1) is 0 Å². The summed E-state index contributed by atoms with van der Waals surface area (Å²) in [5.74, 6) is 0.217. The van der Waals surface area contributed by atoms with Crippen LogP contribution in [0.3, 0.4) is 0 Å². The van der Waals surface area contributed by atoms with Crippen LogP contribution in [-0.2, 0) is 9.53 Å². The Kier molecular flexibility index (Phi) is 5.75. The van der Waals surface area contributed by atoms with E-state index in [1.165, 1.54) is 11.0 Å². The Bertz CT molecular complexity index is 1210. The predicted octanol–water partition coefficient (Wildman–Crippen LogP) is 4.48. The van der Waals surface area contributed by atoms with E-state index < -0.39 is 22.7 Å². The summed E-state index contributed by atoms with van der Waals surface area (Å²) >= 11 is 0. The Morgan fingerprint density at radius 2 is 1.94 bits per heavy atom. The van der Waals surface area contributed by atoms with Crippen molar-refractivity contribution in [1.82, 2.24) is 14.9 Å². The quantitative estimate of drug-likeness (QED) is 0.444. The van der Waals surface area contributed by atoms with E-state index in [1.54, 1.807) is 57.2 Å². The lowest BCUT2D eigenvalue weighted by Crippen LogP contribution is -2.45. The van der Waals surface area contributed by atoms with E-state index in [0.29, 0.717) is 35.5 Å². The number of hydrogen-bond donors (Lipinski definition) is 2. The largest absolute Gasteiger partial charge is 0.444 e. The van der Waals surface area contributed by atoms with Gasteiger partial charge in [0.05, 0.1) is 10.4 Å². The van der Waals surface area contributed by atoms with E-state index in [9.17, 15) is 19.7 Å². The van der Waals surface area contributed by atoms with Gasteiger partial charge in [-0.05, 0) is 63.9 Å². The number of hydrogen-bond acceptors (Lipinski definition) is 6. The number of rotatable bonds is 4. The summed E-state index contributed by atoms with van der Waals surface area (Å²) in [4.78, 5) is 45.0.